The molecular weight excluding hydrogens is 222 g/mol. The Labute approximate surface area is 105 Å². The van der Waals surface area contributed by atoms with Gasteiger partial charge < -0.3 is 4.74 Å². The van der Waals surface area contributed by atoms with Crippen LogP contribution in [0.15, 0.2) is 59.3 Å². The third-order valence-electron chi connectivity index (χ3n) is 3.40. The summed E-state index contributed by atoms with van der Waals surface area (Å²) in [6.07, 6.45) is 2.08. The summed E-state index contributed by atoms with van der Waals surface area (Å²) in [5.41, 5.74) is 5.78. The maximum absolute atomic E-state index is 5.61. The average molecular weight is 233 g/mol. The maximum atomic E-state index is 5.61. The third kappa shape index (κ3) is 1.26. The van der Waals surface area contributed by atoms with Crippen molar-refractivity contribution in [2.75, 3.05) is 6.73 Å². The molecule has 86 valence electrons. The molecule has 0 fully saturated rings. The van der Waals surface area contributed by atoms with Crippen molar-refractivity contribution in [1.29, 1.82) is 0 Å². The molecule has 2 aromatic rings. The van der Waals surface area contributed by atoms with Gasteiger partial charge in [-0.15, -0.1) is 0 Å². The molecule has 0 radical (unpaired) electrons. The van der Waals surface area contributed by atoms with Crippen molar-refractivity contribution >= 4 is 11.8 Å². The number of hydrogen-bond donors (Lipinski definition) is 0. The quantitative estimate of drug-likeness (QED) is 0.682. The Morgan fingerprint density at radius 3 is 2.44 bits per heavy atom. The van der Waals surface area contributed by atoms with Crippen molar-refractivity contribution < 1.29 is 4.74 Å². The summed E-state index contributed by atoms with van der Waals surface area (Å²) < 4.78 is 5.61. The van der Waals surface area contributed by atoms with E-state index in [9.17, 15) is 0 Å². The Kier molecular flexibility index (Phi) is 1.92. The van der Waals surface area contributed by atoms with E-state index in [2.05, 4.69) is 53.5 Å². The van der Waals surface area contributed by atoms with Crippen LogP contribution in [-0.4, -0.2) is 12.4 Å². The lowest BCUT2D eigenvalue weighted by Crippen LogP contribution is -2.01. The highest BCUT2D eigenvalue weighted by Gasteiger charge is 2.24. The fourth-order valence-electron chi connectivity index (χ4n) is 2.57. The first-order valence-corrected chi connectivity index (χ1v) is 6.01. The first-order valence-electron chi connectivity index (χ1n) is 6.01. The molecule has 0 aromatic heterocycles. The van der Waals surface area contributed by atoms with Crippen molar-refractivity contribution in [2.45, 2.75) is 0 Å². The standard InChI is InChI=1S/C16H11NO/c1-2-6-12-11(5-1)9-15-16(17-10-18-15)14-8-4-3-7-13(12)14/h1-9H,10H2. The van der Waals surface area contributed by atoms with Crippen LogP contribution in [0.3, 0.4) is 0 Å². The minimum Gasteiger partial charge on any atom is -0.469 e. The summed E-state index contributed by atoms with van der Waals surface area (Å²) in [5.74, 6) is 0.882. The van der Waals surface area contributed by atoms with Crippen LogP contribution in [0.5, 0.6) is 0 Å². The zero-order valence-electron chi connectivity index (χ0n) is 9.76. The van der Waals surface area contributed by atoms with Crippen molar-refractivity contribution in [3.63, 3.8) is 0 Å². The second-order valence-corrected chi connectivity index (χ2v) is 4.42. The first-order chi connectivity index (χ1) is 8.93. The molecule has 0 bridgehead atoms. The molecule has 0 atom stereocenters. The number of fused-ring (bicyclic) bond motifs is 5. The monoisotopic (exact) mass is 233 g/mol. The molecule has 18 heavy (non-hydrogen) atoms. The van der Waals surface area contributed by atoms with E-state index in [1.165, 1.54) is 16.7 Å². The minimum atomic E-state index is 0.428. The fourth-order valence-corrected chi connectivity index (χ4v) is 2.57. The Balaban J connectivity index is 2.12. The Hall–Kier alpha value is -2.35. The smallest absolute Gasteiger partial charge is 0.180 e. The summed E-state index contributed by atoms with van der Waals surface area (Å²) >= 11 is 0. The zero-order valence-corrected chi connectivity index (χ0v) is 9.76. The molecule has 1 aliphatic carbocycles. The summed E-state index contributed by atoms with van der Waals surface area (Å²) in [6, 6.07) is 16.7. The van der Waals surface area contributed by atoms with Gasteiger partial charge in [0.05, 0.1) is 0 Å². The highest BCUT2D eigenvalue weighted by atomic mass is 16.5. The molecule has 2 aliphatic rings. The Morgan fingerprint density at radius 1 is 0.833 bits per heavy atom. The Morgan fingerprint density at radius 2 is 1.56 bits per heavy atom. The van der Waals surface area contributed by atoms with Gasteiger partial charge in [-0.1, -0.05) is 48.5 Å². The second-order valence-electron chi connectivity index (χ2n) is 4.42. The van der Waals surface area contributed by atoms with Gasteiger partial charge in [-0.05, 0) is 22.8 Å². The van der Waals surface area contributed by atoms with Crippen LogP contribution in [0, 0.1) is 0 Å². The largest absolute Gasteiger partial charge is 0.469 e. The molecule has 4 rings (SSSR count). The van der Waals surface area contributed by atoms with Crippen LogP contribution in [0.2, 0.25) is 0 Å². The summed E-state index contributed by atoms with van der Waals surface area (Å²) in [7, 11) is 0. The number of hydrogen-bond acceptors (Lipinski definition) is 2. The first kappa shape index (κ1) is 9.66. The van der Waals surface area contributed by atoms with Crippen molar-refractivity contribution in [3.05, 3.63) is 65.4 Å². The number of rotatable bonds is 0. The molecule has 1 heterocycles. The SMILES string of the molecule is C1=C2OCN=C2c2ccccc2-c2ccccc21. The van der Waals surface area contributed by atoms with E-state index in [1.54, 1.807) is 0 Å². The van der Waals surface area contributed by atoms with Crippen LogP contribution < -0.4 is 0 Å². The third-order valence-corrected chi connectivity index (χ3v) is 3.40. The van der Waals surface area contributed by atoms with Crippen molar-refractivity contribution in [3.8, 4) is 11.1 Å². The number of nitrogens with zero attached hydrogens (tertiary/aromatic N) is 1. The Bertz CT molecular complexity index is 698. The predicted molar refractivity (Wildman–Crippen MR) is 72.3 cm³/mol. The number of aliphatic imine (C=N–C) groups is 1. The molecule has 0 saturated carbocycles. The highest BCUT2D eigenvalue weighted by Crippen LogP contribution is 2.35. The predicted octanol–water partition coefficient (Wildman–Crippen LogP) is 3.48. The molecule has 2 aromatic carbocycles. The minimum absolute atomic E-state index is 0.428. The van der Waals surface area contributed by atoms with Crippen LogP contribution in [0.1, 0.15) is 11.1 Å². The van der Waals surface area contributed by atoms with Crippen LogP contribution >= 0.6 is 0 Å². The summed E-state index contributed by atoms with van der Waals surface area (Å²) in [5, 5.41) is 0. The zero-order chi connectivity index (χ0) is 11.9. The topological polar surface area (TPSA) is 21.6 Å². The number of ether oxygens (including phenoxy) is 1. The molecule has 2 heteroatoms. The van der Waals surface area contributed by atoms with E-state index >= 15 is 0 Å². The van der Waals surface area contributed by atoms with E-state index < -0.39 is 0 Å². The van der Waals surface area contributed by atoms with Crippen LogP contribution in [0.25, 0.3) is 17.2 Å². The average Bonchev–Trinajstić information content (AvgIpc) is 2.83. The van der Waals surface area contributed by atoms with Crippen molar-refractivity contribution in [1.82, 2.24) is 0 Å². The molecule has 1 aliphatic heterocycles. The van der Waals surface area contributed by atoms with Gasteiger partial charge >= 0.3 is 0 Å². The van der Waals surface area contributed by atoms with Gasteiger partial charge in [0, 0.05) is 5.56 Å². The van der Waals surface area contributed by atoms with Gasteiger partial charge in [-0.3, -0.25) is 0 Å². The van der Waals surface area contributed by atoms with Gasteiger partial charge in [0.25, 0.3) is 0 Å². The fraction of sp³-hybridized carbons (Fsp3) is 0.0625. The number of allylic oxidation sites excluding steroid dienone is 1. The van der Waals surface area contributed by atoms with E-state index in [-0.39, 0.29) is 0 Å². The maximum Gasteiger partial charge on any atom is 0.180 e. The summed E-state index contributed by atoms with van der Waals surface area (Å²) in [4.78, 5) is 4.47. The van der Waals surface area contributed by atoms with E-state index in [1.807, 2.05) is 6.07 Å². The highest BCUT2D eigenvalue weighted by molar-refractivity contribution is 6.19. The molecule has 0 amide bonds. The van der Waals surface area contributed by atoms with Crippen LogP contribution in [-0.2, 0) is 4.74 Å². The van der Waals surface area contributed by atoms with Gasteiger partial charge in [0.2, 0.25) is 0 Å². The second kappa shape index (κ2) is 3.57. The molecule has 0 N–H and O–H groups in total. The molecule has 2 nitrogen and oxygen atoms in total. The lowest BCUT2D eigenvalue weighted by Gasteiger charge is -2.08. The summed E-state index contributed by atoms with van der Waals surface area (Å²) in [6.45, 7) is 0.428. The lowest BCUT2D eigenvalue weighted by atomic mass is 9.96. The number of benzene rings is 2. The van der Waals surface area contributed by atoms with E-state index in [4.69, 9.17) is 4.74 Å². The van der Waals surface area contributed by atoms with Crippen molar-refractivity contribution in [2.24, 2.45) is 4.99 Å². The van der Waals surface area contributed by atoms with Gasteiger partial charge in [-0.25, -0.2) is 4.99 Å². The molecule has 0 saturated heterocycles. The van der Waals surface area contributed by atoms with Gasteiger partial charge in [0.1, 0.15) is 11.5 Å². The molecule has 0 unspecified atom stereocenters. The molecule has 0 spiro atoms. The van der Waals surface area contributed by atoms with Crippen LogP contribution in [0.4, 0.5) is 0 Å². The molecular formula is C16H11NO. The normalized spacial score (nSPS) is 15.6. The van der Waals surface area contributed by atoms with E-state index in [0.29, 0.717) is 6.73 Å². The lowest BCUT2D eigenvalue weighted by molar-refractivity contribution is 0.264. The van der Waals surface area contributed by atoms with E-state index in [0.717, 1.165) is 17.0 Å². The van der Waals surface area contributed by atoms with Gasteiger partial charge in [-0.2, -0.15) is 0 Å². The van der Waals surface area contributed by atoms with Gasteiger partial charge in [0.15, 0.2) is 6.73 Å².